The third-order valence-electron chi connectivity index (χ3n) is 5.96. The highest BCUT2D eigenvalue weighted by atomic mass is 32.1. The van der Waals surface area contributed by atoms with Gasteiger partial charge in [-0.25, -0.2) is 9.79 Å². The van der Waals surface area contributed by atoms with Crippen molar-refractivity contribution < 1.29 is 14.3 Å². The molecular formula is C29H30N2O4S. The van der Waals surface area contributed by atoms with Gasteiger partial charge < -0.3 is 9.47 Å². The standard InChI is InChI=1S/C29H30N2O4S/c1-6-9-22-16-20(12-15-23(22)34-7-2)17-24-27(32)31-26(21-13-10-18(4)11-14-21)25(28(33)35-8-3)19(5)30-29(31)36-24/h6,10-17,26H,1,7-9H2,2-5H3/b24-17-. The lowest BCUT2D eigenvalue weighted by molar-refractivity contribution is -0.139. The highest BCUT2D eigenvalue weighted by molar-refractivity contribution is 7.07. The number of fused-ring (bicyclic) bond motifs is 1. The van der Waals surface area contributed by atoms with Crippen molar-refractivity contribution in [2.45, 2.75) is 40.2 Å². The van der Waals surface area contributed by atoms with Crippen LogP contribution >= 0.6 is 11.3 Å². The van der Waals surface area contributed by atoms with Crippen molar-refractivity contribution in [2.24, 2.45) is 4.99 Å². The highest BCUT2D eigenvalue weighted by Gasteiger charge is 2.33. The van der Waals surface area contributed by atoms with Crippen LogP contribution in [0.1, 0.15) is 49.1 Å². The zero-order valence-corrected chi connectivity index (χ0v) is 21.9. The molecule has 0 amide bonds. The van der Waals surface area contributed by atoms with Crippen LogP contribution in [0.5, 0.6) is 5.75 Å². The summed E-state index contributed by atoms with van der Waals surface area (Å²) in [6.07, 6.45) is 4.35. The summed E-state index contributed by atoms with van der Waals surface area (Å²) in [4.78, 5) is 31.9. The van der Waals surface area contributed by atoms with Crippen LogP contribution in [-0.2, 0) is 16.0 Å². The molecule has 2 aromatic carbocycles. The lowest BCUT2D eigenvalue weighted by atomic mass is 9.95. The molecule has 0 radical (unpaired) electrons. The van der Waals surface area contributed by atoms with E-state index >= 15 is 0 Å². The predicted octanol–water partition coefficient (Wildman–Crippen LogP) is 4.23. The molecule has 0 N–H and O–H groups in total. The number of thiazole rings is 1. The number of carbonyl (C=O) groups excluding carboxylic acids is 1. The van der Waals surface area contributed by atoms with Crippen molar-refractivity contribution in [3.63, 3.8) is 0 Å². The maximum absolute atomic E-state index is 13.7. The van der Waals surface area contributed by atoms with E-state index < -0.39 is 12.0 Å². The number of rotatable bonds is 8. The minimum atomic E-state index is -0.611. The molecule has 1 aromatic heterocycles. The molecule has 0 spiro atoms. The van der Waals surface area contributed by atoms with Gasteiger partial charge in [-0.1, -0.05) is 53.3 Å². The summed E-state index contributed by atoms with van der Waals surface area (Å²) >= 11 is 1.31. The maximum Gasteiger partial charge on any atom is 0.338 e. The molecule has 186 valence electrons. The Kier molecular flexibility index (Phi) is 7.70. The molecule has 36 heavy (non-hydrogen) atoms. The largest absolute Gasteiger partial charge is 0.494 e. The van der Waals surface area contributed by atoms with Gasteiger partial charge in [-0.2, -0.15) is 0 Å². The van der Waals surface area contributed by atoms with Gasteiger partial charge in [-0.15, -0.1) is 6.58 Å². The van der Waals surface area contributed by atoms with E-state index in [1.54, 1.807) is 18.4 Å². The van der Waals surface area contributed by atoms with E-state index in [9.17, 15) is 9.59 Å². The van der Waals surface area contributed by atoms with Crippen LogP contribution in [0.2, 0.25) is 0 Å². The van der Waals surface area contributed by atoms with E-state index in [1.165, 1.54) is 11.3 Å². The molecule has 0 bridgehead atoms. The minimum Gasteiger partial charge on any atom is -0.494 e. The van der Waals surface area contributed by atoms with Gasteiger partial charge >= 0.3 is 5.97 Å². The molecule has 3 aromatic rings. The van der Waals surface area contributed by atoms with Crippen LogP contribution in [0.15, 0.2) is 76.2 Å². The molecule has 1 unspecified atom stereocenters. The Bertz CT molecular complexity index is 1510. The Labute approximate surface area is 214 Å². The van der Waals surface area contributed by atoms with Gasteiger partial charge in [0.25, 0.3) is 5.56 Å². The van der Waals surface area contributed by atoms with Gasteiger partial charge in [0.2, 0.25) is 0 Å². The molecule has 0 saturated heterocycles. The van der Waals surface area contributed by atoms with E-state index in [0.29, 0.717) is 33.6 Å². The Hall–Kier alpha value is -3.71. The summed E-state index contributed by atoms with van der Waals surface area (Å²) in [5.74, 6) is 0.351. The zero-order chi connectivity index (χ0) is 25.8. The molecule has 1 atom stereocenters. The van der Waals surface area contributed by atoms with Crippen molar-refractivity contribution in [2.75, 3.05) is 13.2 Å². The first-order valence-electron chi connectivity index (χ1n) is 12.0. The monoisotopic (exact) mass is 502 g/mol. The van der Waals surface area contributed by atoms with Gasteiger partial charge in [0, 0.05) is 0 Å². The number of ether oxygens (including phenoxy) is 2. The fourth-order valence-corrected chi connectivity index (χ4v) is 5.35. The van der Waals surface area contributed by atoms with E-state index in [-0.39, 0.29) is 12.2 Å². The Morgan fingerprint density at radius 1 is 1.14 bits per heavy atom. The number of hydrogen-bond donors (Lipinski definition) is 0. The number of nitrogens with zero attached hydrogens (tertiary/aromatic N) is 2. The molecule has 2 heterocycles. The molecule has 6 nitrogen and oxygen atoms in total. The van der Waals surface area contributed by atoms with Gasteiger partial charge in [0.1, 0.15) is 5.75 Å². The first-order chi connectivity index (χ1) is 17.4. The number of carbonyl (C=O) groups is 1. The summed E-state index contributed by atoms with van der Waals surface area (Å²) in [5.41, 5.74) is 4.56. The first-order valence-corrected chi connectivity index (χ1v) is 12.8. The van der Waals surface area contributed by atoms with E-state index in [0.717, 1.165) is 28.0 Å². The molecule has 1 aliphatic rings. The highest BCUT2D eigenvalue weighted by Crippen LogP contribution is 2.31. The molecule has 0 fully saturated rings. The van der Waals surface area contributed by atoms with Crippen molar-refractivity contribution in [1.82, 2.24) is 4.57 Å². The van der Waals surface area contributed by atoms with Crippen LogP contribution in [0.3, 0.4) is 0 Å². The summed E-state index contributed by atoms with van der Waals surface area (Å²) in [6.45, 7) is 12.2. The molecule has 0 aliphatic carbocycles. The lowest BCUT2D eigenvalue weighted by Gasteiger charge is -2.24. The SMILES string of the molecule is C=CCc1cc(/C=c2\sc3n(c2=O)C(c2ccc(C)cc2)C(C(=O)OCC)=C(C)N=3)ccc1OCC. The van der Waals surface area contributed by atoms with Crippen LogP contribution < -0.4 is 19.6 Å². The summed E-state index contributed by atoms with van der Waals surface area (Å²) < 4.78 is 13.2. The summed E-state index contributed by atoms with van der Waals surface area (Å²) in [7, 11) is 0. The molecule has 4 rings (SSSR count). The van der Waals surface area contributed by atoms with Crippen LogP contribution in [0, 0.1) is 6.92 Å². The Morgan fingerprint density at radius 3 is 2.56 bits per heavy atom. The second-order valence-corrected chi connectivity index (χ2v) is 9.52. The first kappa shape index (κ1) is 25.4. The predicted molar refractivity (Wildman–Crippen MR) is 143 cm³/mol. The fraction of sp³-hybridized carbons (Fsp3) is 0.276. The molecule has 1 aliphatic heterocycles. The topological polar surface area (TPSA) is 69.9 Å². The fourth-order valence-electron chi connectivity index (χ4n) is 4.31. The molecule has 7 heteroatoms. The number of esters is 1. The number of benzene rings is 2. The molecular weight excluding hydrogens is 472 g/mol. The number of aromatic nitrogens is 1. The average Bonchev–Trinajstić information content (AvgIpc) is 3.15. The third-order valence-corrected chi connectivity index (χ3v) is 6.94. The third kappa shape index (κ3) is 4.97. The average molecular weight is 503 g/mol. The zero-order valence-electron chi connectivity index (χ0n) is 21.0. The van der Waals surface area contributed by atoms with Gasteiger partial charge in [0.15, 0.2) is 4.80 Å². The van der Waals surface area contributed by atoms with Crippen LogP contribution in [-0.4, -0.2) is 23.8 Å². The molecule has 0 saturated carbocycles. The second kappa shape index (κ2) is 10.9. The van der Waals surface area contributed by atoms with Gasteiger partial charge in [-0.3, -0.25) is 9.36 Å². The minimum absolute atomic E-state index is 0.197. The van der Waals surface area contributed by atoms with E-state index in [4.69, 9.17) is 9.47 Å². The van der Waals surface area contributed by atoms with Gasteiger partial charge in [0.05, 0.1) is 35.1 Å². The van der Waals surface area contributed by atoms with Crippen molar-refractivity contribution in [3.8, 4) is 5.75 Å². The van der Waals surface area contributed by atoms with Gasteiger partial charge in [-0.05, 0) is 69.0 Å². The Morgan fingerprint density at radius 2 is 1.89 bits per heavy atom. The summed E-state index contributed by atoms with van der Waals surface area (Å²) in [5, 5.41) is 0. The second-order valence-electron chi connectivity index (χ2n) is 8.51. The maximum atomic E-state index is 13.7. The number of hydrogen-bond acceptors (Lipinski definition) is 6. The van der Waals surface area contributed by atoms with E-state index in [2.05, 4.69) is 11.6 Å². The summed E-state index contributed by atoms with van der Waals surface area (Å²) in [6, 6.07) is 13.1. The Balaban J connectivity index is 1.89. The lowest BCUT2D eigenvalue weighted by Crippen LogP contribution is -2.39. The van der Waals surface area contributed by atoms with Crippen LogP contribution in [0.25, 0.3) is 6.08 Å². The quantitative estimate of drug-likeness (QED) is 0.341. The smallest absolute Gasteiger partial charge is 0.338 e. The normalized spacial score (nSPS) is 15.3. The van der Waals surface area contributed by atoms with Crippen molar-refractivity contribution in [3.05, 3.63) is 108 Å². The van der Waals surface area contributed by atoms with Crippen molar-refractivity contribution in [1.29, 1.82) is 0 Å². The number of aryl methyl sites for hydroxylation is 1. The van der Waals surface area contributed by atoms with E-state index in [1.807, 2.05) is 68.5 Å². The van der Waals surface area contributed by atoms with Crippen LogP contribution in [0.4, 0.5) is 0 Å². The number of allylic oxidation sites excluding steroid dienone is 2. The van der Waals surface area contributed by atoms with Crippen molar-refractivity contribution >= 4 is 23.4 Å².